The van der Waals surface area contributed by atoms with Crippen LogP contribution in [0.2, 0.25) is 0 Å². The molecule has 5 heteroatoms. The van der Waals surface area contributed by atoms with E-state index in [-0.39, 0.29) is 11.9 Å². The Balaban J connectivity index is 2.15. The Kier molecular flexibility index (Phi) is 5.85. The molecule has 18 heavy (non-hydrogen) atoms. The maximum absolute atomic E-state index is 11.6. The number of amides is 1. The van der Waals surface area contributed by atoms with Gasteiger partial charge >= 0.3 is 0 Å². The van der Waals surface area contributed by atoms with Crippen molar-refractivity contribution in [1.82, 2.24) is 15.1 Å². The molecule has 1 aromatic rings. The van der Waals surface area contributed by atoms with Crippen molar-refractivity contribution in [3.8, 4) is 0 Å². The van der Waals surface area contributed by atoms with Crippen LogP contribution in [0.1, 0.15) is 32.3 Å². The van der Waals surface area contributed by atoms with E-state index in [2.05, 4.69) is 24.3 Å². The zero-order chi connectivity index (χ0) is 13.5. The molecular weight excluding hydrogens is 228 g/mol. The second-order valence-electron chi connectivity index (χ2n) is 5.15. The highest BCUT2D eigenvalue weighted by molar-refractivity contribution is 5.81. The number of nitrogens with one attached hydrogen (secondary N) is 1. The van der Waals surface area contributed by atoms with Gasteiger partial charge < -0.3 is 11.1 Å². The molecule has 0 saturated heterocycles. The minimum atomic E-state index is -0.386. The predicted molar refractivity (Wildman–Crippen MR) is 72.0 cm³/mol. The highest BCUT2D eigenvalue weighted by Crippen LogP contribution is 2.03. The van der Waals surface area contributed by atoms with Crippen LogP contribution < -0.4 is 11.1 Å². The van der Waals surface area contributed by atoms with Crippen molar-refractivity contribution in [1.29, 1.82) is 0 Å². The highest BCUT2D eigenvalue weighted by Gasteiger charge is 2.13. The molecule has 102 valence electrons. The van der Waals surface area contributed by atoms with Gasteiger partial charge in [0.2, 0.25) is 5.91 Å². The highest BCUT2D eigenvalue weighted by atomic mass is 16.2. The first-order chi connectivity index (χ1) is 8.49. The molecule has 5 nitrogen and oxygen atoms in total. The van der Waals surface area contributed by atoms with E-state index in [1.807, 2.05) is 19.4 Å². The lowest BCUT2D eigenvalue weighted by molar-refractivity contribution is -0.122. The van der Waals surface area contributed by atoms with Crippen LogP contribution in [0.15, 0.2) is 12.4 Å². The third kappa shape index (κ3) is 5.31. The minimum absolute atomic E-state index is 0.0464. The van der Waals surface area contributed by atoms with Gasteiger partial charge in [-0.1, -0.05) is 13.8 Å². The summed E-state index contributed by atoms with van der Waals surface area (Å²) in [5, 5.41) is 6.97. The van der Waals surface area contributed by atoms with Gasteiger partial charge in [-0.2, -0.15) is 5.10 Å². The topological polar surface area (TPSA) is 72.9 Å². The summed E-state index contributed by atoms with van der Waals surface area (Å²) < 4.78 is 1.78. The molecule has 0 unspecified atom stereocenters. The number of hydrogen-bond acceptors (Lipinski definition) is 3. The molecule has 0 spiro atoms. The fraction of sp³-hybridized carbons (Fsp3) is 0.692. The monoisotopic (exact) mass is 252 g/mol. The van der Waals surface area contributed by atoms with Crippen LogP contribution in [-0.2, 0) is 18.3 Å². The van der Waals surface area contributed by atoms with Crippen LogP contribution in [0.5, 0.6) is 0 Å². The quantitative estimate of drug-likeness (QED) is 0.706. The Morgan fingerprint density at radius 1 is 1.56 bits per heavy atom. The first kappa shape index (κ1) is 14.7. The maximum Gasteiger partial charge on any atom is 0.236 e. The first-order valence-corrected chi connectivity index (χ1v) is 6.50. The van der Waals surface area contributed by atoms with E-state index in [1.54, 1.807) is 4.68 Å². The van der Waals surface area contributed by atoms with Gasteiger partial charge in [-0.15, -0.1) is 0 Å². The lowest BCUT2D eigenvalue weighted by atomic mass is 10.0. The van der Waals surface area contributed by atoms with Crippen molar-refractivity contribution in [3.63, 3.8) is 0 Å². The lowest BCUT2D eigenvalue weighted by Crippen LogP contribution is -2.41. The number of nitrogens with two attached hydrogens (primary N) is 1. The summed E-state index contributed by atoms with van der Waals surface area (Å²) in [4.78, 5) is 11.6. The van der Waals surface area contributed by atoms with Crippen LogP contribution >= 0.6 is 0 Å². The zero-order valence-corrected chi connectivity index (χ0v) is 11.5. The Bertz CT molecular complexity index is 373. The summed E-state index contributed by atoms with van der Waals surface area (Å²) in [6.45, 7) is 4.80. The fourth-order valence-electron chi connectivity index (χ4n) is 1.85. The van der Waals surface area contributed by atoms with Crippen molar-refractivity contribution in [3.05, 3.63) is 18.0 Å². The zero-order valence-electron chi connectivity index (χ0n) is 11.5. The number of carbonyl (C=O) groups is 1. The Hall–Kier alpha value is -1.36. The lowest BCUT2D eigenvalue weighted by Gasteiger charge is -2.13. The molecule has 1 atom stereocenters. The second kappa shape index (κ2) is 7.16. The molecule has 1 heterocycles. The van der Waals surface area contributed by atoms with Crippen LogP contribution in [-0.4, -0.2) is 28.3 Å². The van der Waals surface area contributed by atoms with Crippen LogP contribution in [0.3, 0.4) is 0 Å². The smallest absolute Gasteiger partial charge is 0.236 e. The van der Waals surface area contributed by atoms with Gasteiger partial charge in [0, 0.05) is 19.8 Å². The summed E-state index contributed by atoms with van der Waals surface area (Å²) in [6, 6.07) is -0.386. The van der Waals surface area contributed by atoms with Crippen molar-refractivity contribution >= 4 is 5.91 Å². The van der Waals surface area contributed by atoms with Gasteiger partial charge in [-0.25, -0.2) is 0 Å². The molecule has 0 aromatic carbocycles. The third-order valence-electron chi connectivity index (χ3n) is 2.76. The summed E-state index contributed by atoms with van der Waals surface area (Å²) in [7, 11) is 1.90. The average molecular weight is 252 g/mol. The summed E-state index contributed by atoms with van der Waals surface area (Å²) in [5.74, 6) is 0.399. The molecule has 0 saturated carbocycles. The largest absolute Gasteiger partial charge is 0.355 e. The third-order valence-corrected chi connectivity index (χ3v) is 2.76. The molecule has 1 amide bonds. The molecule has 1 rings (SSSR count). The van der Waals surface area contributed by atoms with Gasteiger partial charge in [-0.3, -0.25) is 9.48 Å². The van der Waals surface area contributed by atoms with E-state index in [0.717, 1.165) is 19.3 Å². The Morgan fingerprint density at radius 3 is 2.83 bits per heavy atom. The van der Waals surface area contributed by atoms with Crippen LogP contribution in [0.4, 0.5) is 0 Å². The fourth-order valence-corrected chi connectivity index (χ4v) is 1.85. The normalized spacial score (nSPS) is 12.7. The maximum atomic E-state index is 11.6. The summed E-state index contributed by atoms with van der Waals surface area (Å²) in [6.07, 6.45) is 6.41. The van der Waals surface area contributed by atoms with Gasteiger partial charge in [0.15, 0.2) is 0 Å². The number of aryl methyl sites for hydroxylation is 2. The Labute approximate surface area is 109 Å². The average Bonchev–Trinajstić information content (AvgIpc) is 2.69. The van der Waals surface area contributed by atoms with Crippen molar-refractivity contribution in [2.24, 2.45) is 18.7 Å². The number of nitrogens with zero attached hydrogens (tertiary/aromatic N) is 2. The van der Waals surface area contributed by atoms with Crippen molar-refractivity contribution in [2.45, 2.75) is 39.2 Å². The Morgan fingerprint density at radius 2 is 2.28 bits per heavy atom. The molecule has 0 bridgehead atoms. The van der Waals surface area contributed by atoms with Crippen LogP contribution in [0, 0.1) is 5.92 Å². The molecule has 0 aliphatic rings. The number of hydrogen-bond donors (Lipinski definition) is 2. The molecule has 0 aliphatic carbocycles. The standard InChI is InChI=1S/C13H24N4O/c1-10(2)7-12(14)13(18)15-6-4-5-11-8-16-17(3)9-11/h8-10,12H,4-7,14H2,1-3H3,(H,15,18)/t12-/m0/s1. The van der Waals surface area contributed by atoms with Gasteiger partial charge in [0.25, 0.3) is 0 Å². The van der Waals surface area contributed by atoms with E-state index >= 15 is 0 Å². The van der Waals surface area contributed by atoms with Gasteiger partial charge in [0.1, 0.15) is 0 Å². The van der Waals surface area contributed by atoms with E-state index in [9.17, 15) is 4.79 Å². The summed E-state index contributed by atoms with van der Waals surface area (Å²) >= 11 is 0. The van der Waals surface area contributed by atoms with Crippen molar-refractivity contribution < 1.29 is 4.79 Å². The van der Waals surface area contributed by atoms with Gasteiger partial charge in [0.05, 0.1) is 12.2 Å². The number of aromatic nitrogens is 2. The van der Waals surface area contributed by atoms with Gasteiger partial charge in [-0.05, 0) is 30.7 Å². The molecule has 3 N–H and O–H groups in total. The summed E-state index contributed by atoms with van der Waals surface area (Å²) in [5.41, 5.74) is 6.98. The molecular formula is C13H24N4O. The van der Waals surface area contributed by atoms with E-state index in [0.29, 0.717) is 12.5 Å². The van der Waals surface area contributed by atoms with Crippen molar-refractivity contribution in [2.75, 3.05) is 6.54 Å². The SMILES string of the molecule is CC(C)C[C@H](N)C(=O)NCCCc1cnn(C)c1. The van der Waals surface area contributed by atoms with E-state index < -0.39 is 0 Å². The van der Waals surface area contributed by atoms with E-state index in [4.69, 9.17) is 5.73 Å². The number of carbonyl (C=O) groups excluding carboxylic acids is 1. The number of rotatable bonds is 7. The van der Waals surface area contributed by atoms with Crippen LogP contribution in [0.25, 0.3) is 0 Å². The minimum Gasteiger partial charge on any atom is -0.355 e. The van der Waals surface area contributed by atoms with E-state index in [1.165, 1.54) is 5.56 Å². The second-order valence-corrected chi connectivity index (χ2v) is 5.15. The predicted octanol–water partition coefficient (Wildman–Crippen LogP) is 0.842. The molecule has 0 radical (unpaired) electrons. The molecule has 0 fully saturated rings. The molecule has 1 aromatic heterocycles. The first-order valence-electron chi connectivity index (χ1n) is 6.50. The molecule has 0 aliphatic heterocycles.